The van der Waals surface area contributed by atoms with E-state index in [9.17, 15) is 8.42 Å². The van der Waals surface area contributed by atoms with Crippen LogP contribution in [-0.4, -0.2) is 40.8 Å². The first-order valence-electron chi connectivity index (χ1n) is 9.12. The second-order valence-electron chi connectivity index (χ2n) is 7.08. The third-order valence-corrected chi connectivity index (χ3v) is 6.45. The molecule has 0 saturated heterocycles. The average Bonchev–Trinajstić information content (AvgIpc) is 3.07. The lowest BCUT2D eigenvalue weighted by Crippen LogP contribution is -2.43. The number of nitrogens with zero attached hydrogens (tertiary/aromatic N) is 1. The first-order valence-corrected chi connectivity index (χ1v) is 11.0. The van der Waals surface area contributed by atoms with E-state index >= 15 is 0 Å². The molecule has 5 nitrogen and oxygen atoms in total. The molecular weight excluding hydrogens is 461 g/mol. The summed E-state index contributed by atoms with van der Waals surface area (Å²) >= 11 is 0. The molecular formula is C19H32IN3O2S. The van der Waals surface area contributed by atoms with Crippen molar-refractivity contribution < 1.29 is 8.42 Å². The van der Waals surface area contributed by atoms with Gasteiger partial charge in [-0.05, 0) is 48.8 Å². The molecule has 26 heavy (non-hydrogen) atoms. The van der Waals surface area contributed by atoms with E-state index in [0.717, 1.165) is 31.0 Å². The number of aliphatic imine (C=N–C) groups is 1. The van der Waals surface area contributed by atoms with Gasteiger partial charge in [0.05, 0.1) is 4.90 Å². The van der Waals surface area contributed by atoms with Crippen LogP contribution < -0.4 is 10.6 Å². The molecule has 0 aliphatic heterocycles. The number of nitrogens with one attached hydrogen (secondary N) is 2. The van der Waals surface area contributed by atoms with Crippen LogP contribution in [0.5, 0.6) is 0 Å². The summed E-state index contributed by atoms with van der Waals surface area (Å²) in [4.78, 5) is 4.67. The minimum absolute atomic E-state index is 0. The van der Waals surface area contributed by atoms with E-state index in [2.05, 4.69) is 22.5 Å². The normalized spacial score (nSPS) is 16.8. The number of halogens is 1. The summed E-state index contributed by atoms with van der Waals surface area (Å²) in [6.45, 7) is 4.02. The minimum atomic E-state index is -3.13. The highest BCUT2D eigenvalue weighted by atomic mass is 127. The Labute approximate surface area is 175 Å². The lowest BCUT2D eigenvalue weighted by molar-refractivity contribution is 0.283. The molecule has 0 radical (unpaired) electrons. The van der Waals surface area contributed by atoms with Gasteiger partial charge in [-0.25, -0.2) is 8.42 Å². The van der Waals surface area contributed by atoms with Crippen LogP contribution in [0.3, 0.4) is 0 Å². The molecule has 1 saturated carbocycles. The number of sulfone groups is 1. The van der Waals surface area contributed by atoms with Gasteiger partial charge in [0.25, 0.3) is 0 Å². The molecule has 0 bridgehead atoms. The van der Waals surface area contributed by atoms with Gasteiger partial charge in [0.1, 0.15) is 0 Å². The monoisotopic (exact) mass is 493 g/mol. The molecule has 0 unspecified atom stereocenters. The van der Waals surface area contributed by atoms with E-state index in [1.54, 1.807) is 19.2 Å². The Hall–Kier alpha value is -0.830. The van der Waals surface area contributed by atoms with Crippen LogP contribution in [-0.2, 0) is 16.3 Å². The summed E-state index contributed by atoms with van der Waals surface area (Å²) in [5.74, 6) is 0.840. The van der Waals surface area contributed by atoms with Gasteiger partial charge in [0.15, 0.2) is 15.8 Å². The maximum absolute atomic E-state index is 11.5. The third-order valence-electron chi connectivity index (χ3n) is 5.33. The number of hydrogen-bond donors (Lipinski definition) is 2. The Morgan fingerprint density at radius 1 is 1.15 bits per heavy atom. The van der Waals surface area contributed by atoms with Gasteiger partial charge in [0, 0.05) is 26.4 Å². The predicted octanol–water partition coefficient (Wildman–Crippen LogP) is 3.39. The van der Waals surface area contributed by atoms with Gasteiger partial charge in [-0.1, -0.05) is 31.9 Å². The maximum Gasteiger partial charge on any atom is 0.191 e. The van der Waals surface area contributed by atoms with Crippen LogP contribution in [0.4, 0.5) is 0 Å². The molecule has 0 heterocycles. The topological polar surface area (TPSA) is 70.6 Å². The van der Waals surface area contributed by atoms with Crippen LogP contribution in [0.1, 0.15) is 44.6 Å². The second-order valence-corrected chi connectivity index (χ2v) is 9.10. The minimum Gasteiger partial charge on any atom is -0.356 e. The van der Waals surface area contributed by atoms with E-state index in [4.69, 9.17) is 0 Å². The van der Waals surface area contributed by atoms with Crippen LogP contribution >= 0.6 is 24.0 Å². The lowest BCUT2D eigenvalue weighted by Gasteiger charge is -2.28. The second kappa shape index (κ2) is 10.5. The molecule has 2 rings (SSSR count). The Morgan fingerprint density at radius 2 is 1.77 bits per heavy atom. The van der Waals surface area contributed by atoms with Crippen LogP contribution in [0, 0.1) is 5.41 Å². The first-order chi connectivity index (χ1) is 11.9. The van der Waals surface area contributed by atoms with Gasteiger partial charge < -0.3 is 10.6 Å². The molecule has 0 aromatic heterocycles. The van der Waals surface area contributed by atoms with Gasteiger partial charge in [0.2, 0.25) is 0 Å². The molecule has 0 spiro atoms. The van der Waals surface area contributed by atoms with E-state index in [0.29, 0.717) is 10.3 Å². The smallest absolute Gasteiger partial charge is 0.191 e. The zero-order valence-electron chi connectivity index (χ0n) is 16.0. The van der Waals surface area contributed by atoms with Crippen molar-refractivity contribution in [1.82, 2.24) is 10.6 Å². The van der Waals surface area contributed by atoms with Crippen molar-refractivity contribution in [2.45, 2.75) is 50.3 Å². The van der Waals surface area contributed by atoms with Crippen LogP contribution in [0.2, 0.25) is 0 Å². The van der Waals surface area contributed by atoms with E-state index in [1.807, 2.05) is 12.1 Å². The van der Waals surface area contributed by atoms with E-state index < -0.39 is 9.84 Å². The number of benzene rings is 1. The summed E-state index contributed by atoms with van der Waals surface area (Å²) in [5.41, 5.74) is 1.54. The molecule has 2 N–H and O–H groups in total. The molecule has 148 valence electrons. The van der Waals surface area contributed by atoms with Gasteiger partial charge in [-0.2, -0.15) is 0 Å². The highest BCUT2D eigenvalue weighted by Gasteiger charge is 2.31. The quantitative estimate of drug-likeness (QED) is 0.347. The van der Waals surface area contributed by atoms with Crippen LogP contribution in [0.25, 0.3) is 0 Å². The summed E-state index contributed by atoms with van der Waals surface area (Å²) in [5, 5.41) is 6.83. The number of guanidine groups is 1. The molecule has 1 aliphatic carbocycles. The fraction of sp³-hybridized carbons (Fsp3) is 0.632. The van der Waals surface area contributed by atoms with E-state index in [-0.39, 0.29) is 24.0 Å². The standard InChI is InChI=1S/C19H31N3O2S.HI/c1-4-19(12-5-6-13-19)15-22-18(20-2)21-14-11-16-7-9-17(10-8-16)25(3,23)24;/h7-10H,4-6,11-15H2,1-3H3,(H2,20,21,22);1H. The Morgan fingerprint density at radius 3 is 2.27 bits per heavy atom. The molecule has 1 aliphatic rings. The van der Waals surface area contributed by atoms with Crippen molar-refractivity contribution in [1.29, 1.82) is 0 Å². The van der Waals surface area contributed by atoms with Crippen molar-refractivity contribution in [3.8, 4) is 0 Å². The van der Waals surface area contributed by atoms with Gasteiger partial charge in [-0.15, -0.1) is 24.0 Å². The Bertz CT molecular complexity index is 681. The van der Waals surface area contributed by atoms with Crippen molar-refractivity contribution in [3.63, 3.8) is 0 Å². The molecule has 0 atom stereocenters. The molecule has 7 heteroatoms. The molecule has 0 amide bonds. The van der Waals surface area contributed by atoms with Crippen molar-refractivity contribution in [2.75, 3.05) is 26.4 Å². The summed E-state index contributed by atoms with van der Waals surface area (Å²) in [6.07, 6.45) is 8.55. The SMILES string of the molecule is CCC1(CNC(=NC)NCCc2ccc(S(C)(=O)=O)cc2)CCCC1.I. The fourth-order valence-corrected chi connectivity index (χ4v) is 4.13. The third kappa shape index (κ3) is 6.72. The number of hydrogen-bond acceptors (Lipinski definition) is 3. The first kappa shape index (κ1) is 23.2. The van der Waals surface area contributed by atoms with Gasteiger partial charge in [-0.3, -0.25) is 4.99 Å². The summed E-state index contributed by atoms with van der Waals surface area (Å²) in [6, 6.07) is 7.09. The summed E-state index contributed by atoms with van der Waals surface area (Å²) in [7, 11) is -1.33. The zero-order valence-corrected chi connectivity index (χ0v) is 19.2. The largest absolute Gasteiger partial charge is 0.356 e. The lowest BCUT2D eigenvalue weighted by atomic mass is 9.83. The van der Waals surface area contributed by atoms with Crippen molar-refractivity contribution >= 4 is 39.8 Å². The fourth-order valence-electron chi connectivity index (χ4n) is 3.50. The zero-order chi connectivity index (χ0) is 18.3. The Balaban J connectivity index is 0.00000338. The predicted molar refractivity (Wildman–Crippen MR) is 119 cm³/mol. The highest BCUT2D eigenvalue weighted by Crippen LogP contribution is 2.40. The average molecular weight is 493 g/mol. The Kier molecular flexibility index (Phi) is 9.36. The van der Waals surface area contributed by atoms with Gasteiger partial charge >= 0.3 is 0 Å². The summed E-state index contributed by atoms with van der Waals surface area (Å²) < 4.78 is 23.0. The van der Waals surface area contributed by atoms with Crippen LogP contribution in [0.15, 0.2) is 34.2 Å². The maximum atomic E-state index is 11.5. The molecule has 1 aromatic carbocycles. The molecule has 1 fully saturated rings. The van der Waals surface area contributed by atoms with Crippen molar-refractivity contribution in [3.05, 3.63) is 29.8 Å². The number of rotatable bonds is 7. The van der Waals surface area contributed by atoms with E-state index in [1.165, 1.54) is 38.4 Å². The highest BCUT2D eigenvalue weighted by molar-refractivity contribution is 14.0. The molecule has 1 aromatic rings. The van der Waals surface area contributed by atoms with Crippen molar-refractivity contribution in [2.24, 2.45) is 10.4 Å².